The van der Waals surface area contributed by atoms with Crippen LogP contribution in [0.2, 0.25) is 0 Å². The molecule has 4 rings (SSSR count). The van der Waals surface area contributed by atoms with E-state index in [0.29, 0.717) is 12.1 Å². The third-order valence-electron chi connectivity index (χ3n) is 4.61. The number of amides is 1. The zero-order chi connectivity index (χ0) is 17.4. The summed E-state index contributed by atoms with van der Waals surface area (Å²) in [4.78, 5) is 18.1. The number of hydrogen-bond acceptors (Lipinski definition) is 2. The lowest BCUT2D eigenvalue weighted by molar-refractivity contribution is 0.0952. The lowest BCUT2D eigenvalue weighted by Crippen LogP contribution is -2.31. The molecule has 0 atom stereocenters. The third-order valence-corrected chi connectivity index (χ3v) is 4.61. The monoisotopic (exact) mass is 331 g/mol. The molecule has 0 fully saturated rings. The first kappa shape index (κ1) is 15.7. The summed E-state index contributed by atoms with van der Waals surface area (Å²) in [6, 6.07) is 18.5. The number of aromatic nitrogens is 1. The minimum absolute atomic E-state index is 0.0386. The number of H-pyrrole nitrogens is 1. The van der Waals surface area contributed by atoms with Crippen LogP contribution in [-0.4, -0.2) is 43.0 Å². The number of aromatic amines is 1. The molecule has 126 valence electrons. The van der Waals surface area contributed by atoms with Crippen molar-refractivity contribution in [3.8, 4) is 0 Å². The van der Waals surface area contributed by atoms with E-state index in [1.54, 1.807) is 0 Å². The first-order chi connectivity index (χ1) is 12.1. The topological polar surface area (TPSA) is 48.1 Å². The molecule has 2 N–H and O–H groups in total. The summed E-state index contributed by atoms with van der Waals surface area (Å²) in [5.74, 6) is -0.0386. The number of para-hydroxylation sites is 1. The molecule has 0 bridgehead atoms. The lowest BCUT2D eigenvalue weighted by atomic mass is 10.0. The van der Waals surface area contributed by atoms with Gasteiger partial charge in [-0.15, -0.1) is 0 Å². The largest absolute Gasteiger partial charge is 0.354 e. The Balaban J connectivity index is 1.85. The maximum atomic E-state index is 12.6. The molecule has 0 aliphatic carbocycles. The summed E-state index contributed by atoms with van der Waals surface area (Å²) in [6.07, 6.45) is 0. The SMILES string of the molecule is CN(C)CCNC(=O)c1cccc2c1[nH]c1ccc3ccccc3c12. The average molecular weight is 331 g/mol. The fourth-order valence-electron chi connectivity index (χ4n) is 3.37. The highest BCUT2D eigenvalue weighted by atomic mass is 16.1. The molecular formula is C21H21N3O. The van der Waals surface area contributed by atoms with Gasteiger partial charge < -0.3 is 15.2 Å². The quantitative estimate of drug-likeness (QED) is 0.598. The van der Waals surface area contributed by atoms with Crippen LogP contribution < -0.4 is 5.32 Å². The van der Waals surface area contributed by atoms with Crippen LogP contribution in [0.4, 0.5) is 0 Å². The van der Waals surface area contributed by atoms with Gasteiger partial charge in [-0.1, -0.05) is 42.5 Å². The molecule has 0 spiro atoms. The molecular weight excluding hydrogens is 310 g/mol. The van der Waals surface area contributed by atoms with Gasteiger partial charge in [-0.2, -0.15) is 0 Å². The highest BCUT2D eigenvalue weighted by Gasteiger charge is 2.14. The van der Waals surface area contributed by atoms with Gasteiger partial charge in [-0.05, 0) is 37.0 Å². The standard InChI is InChI=1S/C21H21N3O/c1-24(2)13-12-22-21(25)17-9-5-8-16-19-15-7-4-3-6-14(15)10-11-18(19)23-20(16)17/h3-11,23H,12-13H2,1-2H3,(H,22,25). The van der Waals surface area contributed by atoms with Crippen LogP contribution >= 0.6 is 0 Å². The second-order valence-corrected chi connectivity index (χ2v) is 6.62. The van der Waals surface area contributed by atoms with Gasteiger partial charge in [0.15, 0.2) is 0 Å². The molecule has 0 aliphatic heterocycles. The molecule has 4 heteroatoms. The number of hydrogen-bond donors (Lipinski definition) is 2. The zero-order valence-corrected chi connectivity index (χ0v) is 14.5. The van der Waals surface area contributed by atoms with Crippen LogP contribution in [0, 0.1) is 0 Å². The number of fused-ring (bicyclic) bond motifs is 5. The Bertz CT molecular complexity index is 1080. The van der Waals surface area contributed by atoms with Gasteiger partial charge >= 0.3 is 0 Å². The van der Waals surface area contributed by atoms with Crippen molar-refractivity contribution >= 4 is 38.5 Å². The highest BCUT2D eigenvalue weighted by Crippen LogP contribution is 2.33. The predicted molar refractivity (Wildman–Crippen MR) is 104 cm³/mol. The maximum absolute atomic E-state index is 12.6. The van der Waals surface area contributed by atoms with Crippen molar-refractivity contribution in [2.75, 3.05) is 27.2 Å². The van der Waals surface area contributed by atoms with Crippen molar-refractivity contribution in [3.63, 3.8) is 0 Å². The van der Waals surface area contributed by atoms with Crippen molar-refractivity contribution in [2.45, 2.75) is 0 Å². The first-order valence-corrected chi connectivity index (χ1v) is 8.50. The maximum Gasteiger partial charge on any atom is 0.253 e. The minimum atomic E-state index is -0.0386. The van der Waals surface area contributed by atoms with Gasteiger partial charge in [-0.25, -0.2) is 0 Å². The molecule has 0 radical (unpaired) electrons. The molecule has 1 amide bonds. The molecule has 4 nitrogen and oxygen atoms in total. The molecule has 3 aromatic carbocycles. The van der Waals surface area contributed by atoms with Crippen LogP contribution in [0.3, 0.4) is 0 Å². The smallest absolute Gasteiger partial charge is 0.253 e. The van der Waals surface area contributed by atoms with Crippen molar-refractivity contribution in [1.29, 1.82) is 0 Å². The Morgan fingerprint density at radius 1 is 1.00 bits per heavy atom. The Hall–Kier alpha value is -2.85. The number of carbonyl (C=O) groups excluding carboxylic acids is 1. The molecule has 1 heterocycles. The molecule has 25 heavy (non-hydrogen) atoms. The van der Waals surface area contributed by atoms with Crippen molar-refractivity contribution < 1.29 is 4.79 Å². The van der Waals surface area contributed by atoms with E-state index in [-0.39, 0.29) is 5.91 Å². The van der Waals surface area contributed by atoms with Crippen LogP contribution in [-0.2, 0) is 0 Å². The summed E-state index contributed by atoms with van der Waals surface area (Å²) >= 11 is 0. The fourth-order valence-corrected chi connectivity index (χ4v) is 3.37. The van der Waals surface area contributed by atoms with Gasteiger partial charge in [0, 0.05) is 29.4 Å². The van der Waals surface area contributed by atoms with E-state index < -0.39 is 0 Å². The average Bonchev–Trinajstić information content (AvgIpc) is 3.00. The molecule has 4 aromatic rings. The first-order valence-electron chi connectivity index (χ1n) is 8.50. The molecule has 0 saturated heterocycles. The Morgan fingerprint density at radius 3 is 2.64 bits per heavy atom. The molecule has 0 saturated carbocycles. The second-order valence-electron chi connectivity index (χ2n) is 6.62. The van der Waals surface area contributed by atoms with Crippen LogP contribution in [0.1, 0.15) is 10.4 Å². The predicted octanol–water partition coefficient (Wildman–Crippen LogP) is 3.77. The highest BCUT2D eigenvalue weighted by molar-refractivity contribution is 6.23. The number of likely N-dealkylation sites (N-methyl/N-ethyl adjacent to an activating group) is 1. The number of rotatable bonds is 4. The Kier molecular flexibility index (Phi) is 3.90. The van der Waals surface area contributed by atoms with E-state index in [1.807, 2.05) is 32.3 Å². The van der Waals surface area contributed by atoms with E-state index in [4.69, 9.17) is 0 Å². The van der Waals surface area contributed by atoms with Crippen molar-refractivity contribution in [1.82, 2.24) is 15.2 Å². The molecule has 0 aliphatic rings. The number of nitrogens with one attached hydrogen (secondary N) is 2. The summed E-state index contributed by atoms with van der Waals surface area (Å²) in [5, 5.41) is 7.68. The van der Waals surface area contributed by atoms with Gasteiger partial charge in [0.05, 0.1) is 11.1 Å². The molecule has 0 unspecified atom stereocenters. The van der Waals surface area contributed by atoms with Gasteiger partial charge in [-0.3, -0.25) is 4.79 Å². The summed E-state index contributed by atoms with van der Waals surface area (Å²) < 4.78 is 0. The zero-order valence-electron chi connectivity index (χ0n) is 14.5. The van der Waals surface area contributed by atoms with E-state index in [1.165, 1.54) is 16.2 Å². The van der Waals surface area contributed by atoms with Crippen LogP contribution in [0.25, 0.3) is 32.6 Å². The summed E-state index contributed by atoms with van der Waals surface area (Å²) in [5.41, 5.74) is 2.65. The van der Waals surface area contributed by atoms with E-state index in [9.17, 15) is 4.79 Å². The summed E-state index contributed by atoms with van der Waals surface area (Å²) in [7, 11) is 3.99. The van der Waals surface area contributed by atoms with Gasteiger partial charge in [0.2, 0.25) is 0 Å². The van der Waals surface area contributed by atoms with Gasteiger partial charge in [0.1, 0.15) is 0 Å². The Morgan fingerprint density at radius 2 is 1.80 bits per heavy atom. The number of benzene rings is 3. The summed E-state index contributed by atoms with van der Waals surface area (Å²) in [6.45, 7) is 1.45. The fraction of sp³-hybridized carbons (Fsp3) is 0.190. The van der Waals surface area contributed by atoms with Crippen LogP contribution in [0.5, 0.6) is 0 Å². The van der Waals surface area contributed by atoms with E-state index in [0.717, 1.165) is 23.0 Å². The van der Waals surface area contributed by atoms with Crippen LogP contribution in [0.15, 0.2) is 54.6 Å². The Labute approximate surface area is 146 Å². The lowest BCUT2D eigenvalue weighted by Gasteiger charge is -2.10. The third kappa shape index (κ3) is 2.75. The second kappa shape index (κ2) is 6.22. The van der Waals surface area contributed by atoms with Gasteiger partial charge in [0.25, 0.3) is 5.91 Å². The van der Waals surface area contributed by atoms with E-state index >= 15 is 0 Å². The van der Waals surface area contributed by atoms with Crippen molar-refractivity contribution in [2.24, 2.45) is 0 Å². The number of nitrogens with zero attached hydrogens (tertiary/aromatic N) is 1. The minimum Gasteiger partial charge on any atom is -0.354 e. The normalized spacial score (nSPS) is 11.6. The molecule has 1 aromatic heterocycles. The van der Waals surface area contributed by atoms with E-state index in [2.05, 4.69) is 51.6 Å². The number of carbonyl (C=O) groups is 1. The van der Waals surface area contributed by atoms with Crippen molar-refractivity contribution in [3.05, 3.63) is 60.2 Å².